The van der Waals surface area contributed by atoms with Crippen LogP contribution < -0.4 is 0 Å². The molecule has 0 bridgehead atoms. The molecule has 1 aromatic rings. The zero-order chi connectivity index (χ0) is 18.4. The first-order valence-electron chi connectivity index (χ1n) is 8.42. The molecule has 1 fully saturated rings. The van der Waals surface area contributed by atoms with Crippen molar-refractivity contribution in [1.29, 1.82) is 0 Å². The summed E-state index contributed by atoms with van der Waals surface area (Å²) in [5, 5.41) is 10.4. The molecule has 25 heavy (non-hydrogen) atoms. The first kappa shape index (κ1) is 19.9. The SMILES string of the molecule is C/C=C/[C@H](O)[C@@H](OCc1ccccc1)C(=O)N1C(=[Se])OC[C@@H]1C(C)C. The standard InChI is InChI=1S/C19H25NO4Se/c1-4-8-16(21)17(23-11-14-9-6-5-7-10-14)18(22)20-15(13(2)3)12-24-19(20)25/h4-10,13,15-17,21H,11-12H2,1-3H3/b8-4+/t15-,16+,17-/m1/s1. The molecule has 1 aliphatic heterocycles. The van der Waals surface area contributed by atoms with Gasteiger partial charge in [-0.25, -0.2) is 0 Å². The Hall–Kier alpha value is -1.46. The topological polar surface area (TPSA) is 59.0 Å². The van der Waals surface area contributed by atoms with E-state index in [-0.39, 0.29) is 24.5 Å². The van der Waals surface area contributed by atoms with Crippen LogP contribution in [-0.4, -0.2) is 61.1 Å². The molecule has 0 saturated carbocycles. The number of ether oxygens (including phenoxy) is 2. The molecular weight excluding hydrogens is 385 g/mol. The fourth-order valence-corrected chi connectivity index (χ4v) is 3.31. The Balaban J connectivity index is 2.18. The normalized spacial score (nSPS) is 20.1. The molecule has 1 N–H and O–H groups in total. The summed E-state index contributed by atoms with van der Waals surface area (Å²) in [6, 6.07) is 9.50. The van der Waals surface area contributed by atoms with Gasteiger partial charge in [-0.2, -0.15) is 0 Å². The number of hydrogen-bond acceptors (Lipinski definition) is 4. The molecule has 0 aromatic heterocycles. The van der Waals surface area contributed by atoms with Crippen molar-refractivity contribution in [2.24, 2.45) is 5.92 Å². The summed E-state index contributed by atoms with van der Waals surface area (Å²) < 4.78 is 11.8. The van der Waals surface area contributed by atoms with Crippen LogP contribution in [0.5, 0.6) is 0 Å². The van der Waals surface area contributed by atoms with Gasteiger partial charge in [-0.3, -0.25) is 0 Å². The number of rotatable bonds is 7. The molecular formula is C19H25NO4Se. The predicted octanol–water partition coefficient (Wildman–Crippen LogP) is 1.65. The van der Waals surface area contributed by atoms with Crippen LogP contribution >= 0.6 is 0 Å². The van der Waals surface area contributed by atoms with Crippen LogP contribution in [0.15, 0.2) is 42.5 Å². The average Bonchev–Trinajstić information content (AvgIpc) is 2.98. The van der Waals surface area contributed by atoms with E-state index in [0.29, 0.717) is 11.3 Å². The van der Waals surface area contributed by atoms with Gasteiger partial charge in [-0.1, -0.05) is 0 Å². The van der Waals surface area contributed by atoms with Crippen LogP contribution in [0, 0.1) is 5.92 Å². The molecule has 6 heteroatoms. The Morgan fingerprint density at radius 1 is 1.44 bits per heavy atom. The van der Waals surface area contributed by atoms with Crippen molar-refractivity contribution < 1.29 is 19.4 Å². The van der Waals surface area contributed by atoms with E-state index in [1.807, 2.05) is 44.2 Å². The van der Waals surface area contributed by atoms with Gasteiger partial charge < -0.3 is 0 Å². The van der Waals surface area contributed by atoms with E-state index in [4.69, 9.17) is 9.47 Å². The number of carbonyl (C=O) groups is 1. The van der Waals surface area contributed by atoms with E-state index in [1.165, 1.54) is 0 Å². The Labute approximate surface area is 157 Å². The van der Waals surface area contributed by atoms with E-state index in [1.54, 1.807) is 24.0 Å². The molecule has 3 atom stereocenters. The first-order valence-corrected chi connectivity index (χ1v) is 9.27. The molecule has 0 radical (unpaired) electrons. The van der Waals surface area contributed by atoms with Gasteiger partial charge in [0.15, 0.2) is 0 Å². The molecule has 0 aliphatic carbocycles. The van der Waals surface area contributed by atoms with E-state index in [2.05, 4.69) is 15.6 Å². The van der Waals surface area contributed by atoms with Crippen molar-refractivity contribution in [1.82, 2.24) is 4.90 Å². The molecule has 1 amide bonds. The summed E-state index contributed by atoms with van der Waals surface area (Å²) >= 11 is 2.80. The van der Waals surface area contributed by atoms with E-state index < -0.39 is 12.2 Å². The molecule has 5 nitrogen and oxygen atoms in total. The Morgan fingerprint density at radius 3 is 2.72 bits per heavy atom. The third-order valence-corrected chi connectivity index (χ3v) is 4.79. The van der Waals surface area contributed by atoms with Crippen molar-refractivity contribution in [2.45, 2.75) is 45.6 Å². The fraction of sp³-hybridized carbons (Fsp3) is 0.474. The van der Waals surface area contributed by atoms with Gasteiger partial charge >= 0.3 is 157 Å². The molecule has 0 spiro atoms. The van der Waals surface area contributed by atoms with Crippen LogP contribution in [0.2, 0.25) is 0 Å². The zero-order valence-corrected chi connectivity index (χ0v) is 16.5. The average molecular weight is 410 g/mol. The third-order valence-electron chi connectivity index (χ3n) is 4.13. The quantitative estimate of drug-likeness (QED) is 0.549. The number of amides is 1. The Morgan fingerprint density at radius 2 is 2.12 bits per heavy atom. The summed E-state index contributed by atoms with van der Waals surface area (Å²) in [5.41, 5.74) is 0.943. The van der Waals surface area contributed by atoms with Crippen molar-refractivity contribution in [3.05, 3.63) is 48.0 Å². The fourth-order valence-electron chi connectivity index (χ4n) is 2.69. The predicted molar refractivity (Wildman–Crippen MR) is 98.0 cm³/mol. The Bertz CT molecular complexity index is 617. The number of allylic oxidation sites excluding steroid dienone is 1. The monoisotopic (exact) mass is 411 g/mol. The van der Waals surface area contributed by atoms with Crippen LogP contribution in [0.4, 0.5) is 0 Å². The third kappa shape index (κ3) is 5.02. The van der Waals surface area contributed by atoms with E-state index in [9.17, 15) is 9.90 Å². The second-order valence-electron chi connectivity index (χ2n) is 6.33. The molecule has 136 valence electrons. The van der Waals surface area contributed by atoms with Crippen LogP contribution in [0.1, 0.15) is 26.3 Å². The van der Waals surface area contributed by atoms with E-state index in [0.717, 1.165) is 5.56 Å². The summed E-state index contributed by atoms with van der Waals surface area (Å²) in [6.07, 6.45) is 1.25. The summed E-state index contributed by atoms with van der Waals surface area (Å²) in [4.78, 5) is 14.7. The van der Waals surface area contributed by atoms with Crippen molar-refractivity contribution >= 4 is 26.2 Å². The number of aliphatic hydroxyl groups is 1. The minimum atomic E-state index is -1.03. The van der Waals surface area contributed by atoms with Gasteiger partial charge in [0.2, 0.25) is 0 Å². The van der Waals surface area contributed by atoms with Crippen molar-refractivity contribution in [2.75, 3.05) is 6.61 Å². The number of benzene rings is 1. The van der Waals surface area contributed by atoms with Crippen molar-refractivity contribution in [3.8, 4) is 0 Å². The maximum atomic E-state index is 13.1. The number of carbonyl (C=O) groups excluding carboxylic acids is 1. The van der Waals surface area contributed by atoms with Crippen LogP contribution in [0.3, 0.4) is 0 Å². The van der Waals surface area contributed by atoms with Gasteiger partial charge in [0.25, 0.3) is 0 Å². The summed E-state index contributed by atoms with van der Waals surface area (Å²) in [7, 11) is 0. The van der Waals surface area contributed by atoms with Gasteiger partial charge in [-0.15, -0.1) is 0 Å². The molecule has 0 unspecified atom stereocenters. The minimum absolute atomic E-state index is 0.0793. The summed E-state index contributed by atoms with van der Waals surface area (Å²) in [6.45, 7) is 6.56. The van der Waals surface area contributed by atoms with Gasteiger partial charge in [0.05, 0.1) is 0 Å². The number of hydrogen-bond donors (Lipinski definition) is 1. The molecule has 1 aliphatic rings. The van der Waals surface area contributed by atoms with Crippen molar-refractivity contribution in [3.63, 3.8) is 0 Å². The van der Waals surface area contributed by atoms with E-state index >= 15 is 0 Å². The Kier molecular flexibility index (Phi) is 7.38. The van der Waals surface area contributed by atoms with Gasteiger partial charge in [0.1, 0.15) is 0 Å². The maximum absolute atomic E-state index is 13.1. The van der Waals surface area contributed by atoms with Gasteiger partial charge in [-0.05, 0) is 0 Å². The number of nitrogens with zero attached hydrogens (tertiary/aromatic N) is 1. The van der Waals surface area contributed by atoms with Gasteiger partial charge in [0, 0.05) is 0 Å². The second kappa shape index (κ2) is 9.30. The molecule has 1 saturated heterocycles. The number of aliphatic hydroxyl groups excluding tert-OH is 1. The molecule has 2 rings (SSSR count). The second-order valence-corrected chi connectivity index (χ2v) is 7.06. The van der Waals surface area contributed by atoms with Crippen LogP contribution in [0.25, 0.3) is 0 Å². The first-order chi connectivity index (χ1) is 12.0. The molecule has 1 aromatic carbocycles. The molecule has 1 heterocycles. The van der Waals surface area contributed by atoms with Crippen LogP contribution in [-0.2, 0) is 20.9 Å². The zero-order valence-electron chi connectivity index (χ0n) is 14.8. The summed E-state index contributed by atoms with van der Waals surface area (Å²) in [5.74, 6) is -0.0742.